The molecule has 0 spiro atoms. The van der Waals surface area contributed by atoms with Gasteiger partial charge in [0.15, 0.2) is 0 Å². The van der Waals surface area contributed by atoms with E-state index >= 15 is 0 Å². The first kappa shape index (κ1) is 14.8. The lowest BCUT2D eigenvalue weighted by Gasteiger charge is -2.34. The van der Waals surface area contributed by atoms with Crippen LogP contribution < -0.4 is 5.73 Å². The molecule has 5 atom stereocenters. The molecule has 1 saturated carbocycles. The number of carboxylic acid groups (broad SMARTS) is 1. The number of carbonyl (C=O) groups is 2. The zero-order valence-corrected chi connectivity index (χ0v) is 12.2. The molecule has 0 aromatic rings. The Labute approximate surface area is 124 Å². The molecule has 0 aromatic carbocycles. The van der Waals surface area contributed by atoms with Crippen molar-refractivity contribution < 1.29 is 19.4 Å². The van der Waals surface area contributed by atoms with E-state index < -0.39 is 18.1 Å². The van der Waals surface area contributed by atoms with Gasteiger partial charge in [0.05, 0.1) is 6.10 Å². The molecule has 0 bridgehead atoms. The minimum atomic E-state index is -0.883. The lowest BCUT2D eigenvalue weighted by molar-refractivity contribution is -0.155. The summed E-state index contributed by atoms with van der Waals surface area (Å²) in [4.78, 5) is 26.0. The van der Waals surface area contributed by atoms with E-state index in [1.165, 1.54) is 0 Å². The number of carbonyl (C=O) groups excluding carboxylic acids is 1. The fraction of sp³-hybridized carbons (Fsp3) is 0.867. The van der Waals surface area contributed by atoms with Crippen molar-refractivity contribution in [2.45, 2.75) is 69.2 Å². The summed E-state index contributed by atoms with van der Waals surface area (Å²) in [7, 11) is 0. The smallest absolute Gasteiger partial charge is 0.326 e. The molecule has 0 aromatic heterocycles. The van der Waals surface area contributed by atoms with Gasteiger partial charge in [0.1, 0.15) is 12.1 Å². The number of likely N-dealkylation sites (tertiary alicyclic amines) is 1. The number of rotatable bonds is 3. The van der Waals surface area contributed by atoms with Crippen LogP contribution in [0.15, 0.2) is 0 Å². The van der Waals surface area contributed by atoms with Crippen molar-refractivity contribution in [2.24, 2.45) is 11.7 Å². The molecule has 6 heteroatoms. The molecule has 3 aliphatic rings. The van der Waals surface area contributed by atoms with Crippen LogP contribution in [0.5, 0.6) is 0 Å². The number of hydrogen-bond donors (Lipinski definition) is 2. The summed E-state index contributed by atoms with van der Waals surface area (Å²) >= 11 is 0. The van der Waals surface area contributed by atoms with E-state index in [1.807, 2.05) is 0 Å². The maximum absolute atomic E-state index is 12.8. The van der Waals surface area contributed by atoms with Crippen LogP contribution in [0.1, 0.15) is 44.9 Å². The van der Waals surface area contributed by atoms with Crippen LogP contribution in [0.4, 0.5) is 0 Å². The van der Waals surface area contributed by atoms with Gasteiger partial charge in [0.25, 0.3) is 5.91 Å². The number of amides is 1. The highest BCUT2D eigenvalue weighted by atomic mass is 16.5. The van der Waals surface area contributed by atoms with Crippen LogP contribution in [-0.2, 0) is 14.3 Å². The van der Waals surface area contributed by atoms with Gasteiger partial charge in [-0.1, -0.05) is 12.8 Å². The van der Waals surface area contributed by atoms with Gasteiger partial charge in [-0.15, -0.1) is 0 Å². The second-order valence-electron chi connectivity index (χ2n) is 6.51. The van der Waals surface area contributed by atoms with Gasteiger partial charge in [0, 0.05) is 12.6 Å². The average Bonchev–Trinajstić information content (AvgIpc) is 3.11. The summed E-state index contributed by atoms with van der Waals surface area (Å²) in [6, 6.07) is -0.584. The molecule has 5 unspecified atom stereocenters. The predicted molar refractivity (Wildman–Crippen MR) is 75.6 cm³/mol. The average molecular weight is 296 g/mol. The Hall–Kier alpha value is -1.14. The van der Waals surface area contributed by atoms with Crippen LogP contribution in [0.2, 0.25) is 0 Å². The highest BCUT2D eigenvalue weighted by molar-refractivity contribution is 5.87. The molecule has 118 valence electrons. The van der Waals surface area contributed by atoms with E-state index in [0.29, 0.717) is 25.3 Å². The summed E-state index contributed by atoms with van der Waals surface area (Å²) < 4.78 is 5.68. The molecule has 2 saturated heterocycles. The topological polar surface area (TPSA) is 92.9 Å². The van der Waals surface area contributed by atoms with Crippen molar-refractivity contribution in [1.29, 1.82) is 0 Å². The first-order valence-electron chi connectivity index (χ1n) is 8.02. The maximum atomic E-state index is 12.8. The number of hydrogen-bond acceptors (Lipinski definition) is 4. The Kier molecular flexibility index (Phi) is 4.17. The van der Waals surface area contributed by atoms with Gasteiger partial charge in [-0.05, 0) is 38.0 Å². The lowest BCUT2D eigenvalue weighted by atomic mass is 9.84. The molecular formula is C15H24N2O4. The summed E-state index contributed by atoms with van der Waals surface area (Å²) in [6.07, 6.45) is 5.65. The van der Waals surface area contributed by atoms with Crippen LogP contribution in [-0.4, -0.2) is 52.7 Å². The van der Waals surface area contributed by atoms with E-state index in [0.717, 1.165) is 32.1 Å². The molecule has 0 radical (unpaired) electrons. The van der Waals surface area contributed by atoms with Crippen LogP contribution in [0, 0.1) is 5.92 Å². The van der Waals surface area contributed by atoms with E-state index in [1.54, 1.807) is 4.90 Å². The quantitative estimate of drug-likeness (QED) is 0.801. The molecule has 1 aliphatic carbocycles. The minimum Gasteiger partial charge on any atom is -0.480 e. The minimum absolute atomic E-state index is 0.0630. The Morgan fingerprint density at radius 1 is 1.19 bits per heavy atom. The van der Waals surface area contributed by atoms with Crippen LogP contribution >= 0.6 is 0 Å². The van der Waals surface area contributed by atoms with Crippen LogP contribution in [0.25, 0.3) is 0 Å². The Morgan fingerprint density at radius 3 is 2.62 bits per heavy atom. The van der Waals surface area contributed by atoms with Gasteiger partial charge in [-0.25, -0.2) is 4.79 Å². The molecule has 3 fully saturated rings. The zero-order chi connectivity index (χ0) is 15.0. The number of aliphatic carboxylic acids is 1. The summed E-state index contributed by atoms with van der Waals surface area (Å²) in [5.41, 5.74) is 5.59. The van der Waals surface area contributed by atoms with Gasteiger partial charge in [-0.2, -0.15) is 0 Å². The van der Waals surface area contributed by atoms with E-state index in [4.69, 9.17) is 10.5 Å². The third-order valence-electron chi connectivity index (χ3n) is 5.27. The largest absolute Gasteiger partial charge is 0.480 e. The van der Waals surface area contributed by atoms with Crippen molar-refractivity contribution in [3.8, 4) is 0 Å². The summed E-state index contributed by atoms with van der Waals surface area (Å²) in [5.74, 6) is -0.672. The first-order valence-corrected chi connectivity index (χ1v) is 8.02. The fourth-order valence-corrected chi connectivity index (χ4v) is 4.22. The first-order chi connectivity index (χ1) is 10.1. The van der Waals surface area contributed by atoms with Crippen molar-refractivity contribution in [1.82, 2.24) is 4.90 Å². The maximum Gasteiger partial charge on any atom is 0.326 e. The number of fused-ring (bicyclic) bond motifs is 1. The second-order valence-corrected chi connectivity index (χ2v) is 6.51. The van der Waals surface area contributed by atoms with E-state index in [2.05, 4.69) is 0 Å². The third-order valence-corrected chi connectivity index (χ3v) is 5.27. The molecule has 2 aliphatic heterocycles. The number of nitrogens with two attached hydrogens (primary N) is 1. The number of carboxylic acids is 1. The Morgan fingerprint density at radius 2 is 1.95 bits per heavy atom. The SMILES string of the molecule is NCC1CCC(C(=O)N2C(C(=O)O)CC3CCCCC32)O1. The van der Waals surface area contributed by atoms with Gasteiger partial charge < -0.3 is 20.5 Å². The second kappa shape index (κ2) is 5.93. The predicted octanol–water partition coefficient (Wildman–Crippen LogP) is 0.737. The standard InChI is InChI=1S/C15H24N2O4/c16-8-10-5-6-13(21-10)14(18)17-11-4-2-1-3-9(11)7-12(17)15(19)20/h9-13H,1-8,16H2,(H,19,20). The summed E-state index contributed by atoms with van der Waals surface area (Å²) in [6.45, 7) is 0.415. The monoisotopic (exact) mass is 296 g/mol. The highest BCUT2D eigenvalue weighted by Crippen LogP contribution is 2.41. The van der Waals surface area contributed by atoms with Crippen molar-refractivity contribution in [3.63, 3.8) is 0 Å². The molecule has 1 amide bonds. The molecule has 21 heavy (non-hydrogen) atoms. The van der Waals surface area contributed by atoms with E-state index in [9.17, 15) is 14.7 Å². The van der Waals surface area contributed by atoms with Crippen LogP contribution in [0.3, 0.4) is 0 Å². The molecule has 2 heterocycles. The number of nitrogens with zero attached hydrogens (tertiary/aromatic N) is 1. The number of ether oxygens (including phenoxy) is 1. The zero-order valence-electron chi connectivity index (χ0n) is 12.2. The van der Waals surface area contributed by atoms with Gasteiger partial charge in [-0.3, -0.25) is 4.79 Å². The van der Waals surface area contributed by atoms with Gasteiger partial charge >= 0.3 is 5.97 Å². The van der Waals surface area contributed by atoms with Crippen molar-refractivity contribution >= 4 is 11.9 Å². The molecule has 3 rings (SSSR count). The van der Waals surface area contributed by atoms with Crippen molar-refractivity contribution in [2.75, 3.05) is 6.54 Å². The lowest BCUT2D eigenvalue weighted by Crippen LogP contribution is -2.50. The highest BCUT2D eigenvalue weighted by Gasteiger charge is 2.49. The molecule has 6 nitrogen and oxygen atoms in total. The summed E-state index contributed by atoms with van der Waals surface area (Å²) in [5, 5.41) is 9.47. The Bertz CT molecular complexity index is 428. The molecular weight excluding hydrogens is 272 g/mol. The van der Waals surface area contributed by atoms with Gasteiger partial charge in [0.2, 0.25) is 0 Å². The molecule has 3 N–H and O–H groups in total. The fourth-order valence-electron chi connectivity index (χ4n) is 4.22. The van der Waals surface area contributed by atoms with Crippen molar-refractivity contribution in [3.05, 3.63) is 0 Å². The normalized spacial score (nSPS) is 39.3. The third kappa shape index (κ3) is 2.66. The Balaban J connectivity index is 1.76. The van der Waals surface area contributed by atoms with E-state index in [-0.39, 0.29) is 18.1 Å².